The van der Waals surface area contributed by atoms with Crippen molar-refractivity contribution in [3.05, 3.63) is 91.5 Å². The number of rotatable bonds is 8. The molecule has 0 aliphatic heterocycles. The highest BCUT2D eigenvalue weighted by Gasteiger charge is 2.22. The lowest BCUT2D eigenvalue weighted by atomic mass is 10.1. The number of hydrogen-bond donors (Lipinski definition) is 0. The van der Waals surface area contributed by atoms with E-state index >= 15 is 0 Å². The quantitative estimate of drug-likeness (QED) is 0.169. The molecule has 5 nitrogen and oxygen atoms in total. The number of benzene rings is 3. The number of aromatic nitrogens is 3. The molecule has 5 aromatic rings. The molecule has 2 heterocycles. The zero-order valence-corrected chi connectivity index (χ0v) is 23.5. The fraction of sp³-hybridized carbons (Fsp3) is 0.154. The Morgan fingerprint density at radius 1 is 0.946 bits per heavy atom. The average Bonchev–Trinajstić information content (AvgIpc) is 3.43. The Balaban J connectivity index is 1.60. The molecule has 0 fully saturated rings. The van der Waals surface area contributed by atoms with Gasteiger partial charge in [-0.05, 0) is 35.9 Å². The largest absolute Gasteiger partial charge is 0.493 e. The van der Waals surface area contributed by atoms with Gasteiger partial charge in [0.05, 0.1) is 19.9 Å². The van der Waals surface area contributed by atoms with Gasteiger partial charge in [0.25, 0.3) is 0 Å². The second-order valence-corrected chi connectivity index (χ2v) is 11.2. The standard InChI is InChI=1S/C26H19Cl3FN3O2S2/c1-34-21-10-15(19(29)12-22(21)35-2)11-23-24(14-5-3-6-16(27)9-14)33-25(31-32-26(33)37-23)36-13-17-18(28)7-4-8-20(17)30/h3-10,12H,11,13H2,1-2H3. The van der Waals surface area contributed by atoms with Crippen LogP contribution in [0.25, 0.3) is 16.2 Å². The molecular weight excluding hydrogens is 576 g/mol. The number of thiazole rings is 1. The van der Waals surface area contributed by atoms with Gasteiger partial charge in [0.15, 0.2) is 16.7 Å². The molecule has 0 aliphatic carbocycles. The summed E-state index contributed by atoms with van der Waals surface area (Å²) in [5.74, 6) is 1.09. The Bertz CT molecular complexity index is 1590. The number of halogens is 4. The maximum atomic E-state index is 14.4. The van der Waals surface area contributed by atoms with Gasteiger partial charge in [0, 0.05) is 49.3 Å². The fourth-order valence-electron chi connectivity index (χ4n) is 3.95. The van der Waals surface area contributed by atoms with Crippen LogP contribution in [-0.4, -0.2) is 28.8 Å². The molecule has 0 N–H and O–H groups in total. The Labute approximate surface area is 236 Å². The Morgan fingerprint density at radius 3 is 2.43 bits per heavy atom. The first-order valence-corrected chi connectivity index (χ1v) is 13.9. The van der Waals surface area contributed by atoms with E-state index in [9.17, 15) is 4.39 Å². The van der Waals surface area contributed by atoms with Crippen molar-refractivity contribution in [1.29, 1.82) is 0 Å². The molecule has 0 bridgehead atoms. The van der Waals surface area contributed by atoms with Gasteiger partial charge in [-0.25, -0.2) is 4.39 Å². The molecule has 0 amide bonds. The fourth-order valence-corrected chi connectivity index (χ4v) is 6.80. The molecule has 0 saturated carbocycles. The van der Waals surface area contributed by atoms with E-state index in [1.807, 2.05) is 34.7 Å². The topological polar surface area (TPSA) is 48.7 Å². The van der Waals surface area contributed by atoms with Crippen molar-refractivity contribution in [3.63, 3.8) is 0 Å². The van der Waals surface area contributed by atoms with Crippen molar-refractivity contribution in [2.75, 3.05) is 14.2 Å². The van der Waals surface area contributed by atoms with Gasteiger partial charge in [-0.3, -0.25) is 4.40 Å². The van der Waals surface area contributed by atoms with E-state index in [0.717, 1.165) is 21.7 Å². The van der Waals surface area contributed by atoms with Gasteiger partial charge in [-0.15, -0.1) is 10.2 Å². The van der Waals surface area contributed by atoms with Gasteiger partial charge in [-0.1, -0.05) is 76.1 Å². The van der Waals surface area contributed by atoms with Crippen LogP contribution in [0, 0.1) is 5.82 Å². The van der Waals surface area contributed by atoms with E-state index in [1.165, 1.54) is 29.2 Å². The van der Waals surface area contributed by atoms with Crippen LogP contribution in [-0.2, 0) is 12.2 Å². The van der Waals surface area contributed by atoms with E-state index in [1.54, 1.807) is 32.4 Å². The van der Waals surface area contributed by atoms with Gasteiger partial charge in [0.1, 0.15) is 5.82 Å². The van der Waals surface area contributed by atoms with Crippen molar-refractivity contribution in [1.82, 2.24) is 14.6 Å². The minimum absolute atomic E-state index is 0.300. The van der Waals surface area contributed by atoms with E-state index in [2.05, 4.69) is 10.2 Å². The number of nitrogens with zero attached hydrogens (tertiary/aromatic N) is 3. The molecule has 2 aromatic heterocycles. The third-order valence-corrected chi connectivity index (χ3v) is 8.64. The number of ether oxygens (including phenoxy) is 2. The third-order valence-electron chi connectivity index (χ3n) is 5.71. The lowest BCUT2D eigenvalue weighted by molar-refractivity contribution is 0.354. The summed E-state index contributed by atoms with van der Waals surface area (Å²) >= 11 is 22.1. The summed E-state index contributed by atoms with van der Waals surface area (Å²) in [4.78, 5) is 1.70. The molecular formula is C26H19Cl3FN3O2S2. The van der Waals surface area contributed by atoms with E-state index in [0.29, 0.717) is 54.4 Å². The maximum Gasteiger partial charge on any atom is 0.217 e. The zero-order chi connectivity index (χ0) is 26.1. The predicted octanol–water partition coefficient (Wildman–Crippen LogP) is 8.46. The van der Waals surface area contributed by atoms with Crippen molar-refractivity contribution >= 4 is 62.9 Å². The van der Waals surface area contributed by atoms with Crippen molar-refractivity contribution in [3.8, 4) is 22.8 Å². The highest BCUT2D eigenvalue weighted by Crippen LogP contribution is 2.40. The van der Waals surface area contributed by atoms with Crippen LogP contribution in [0.15, 0.2) is 59.8 Å². The molecule has 37 heavy (non-hydrogen) atoms. The van der Waals surface area contributed by atoms with Crippen LogP contribution >= 0.6 is 57.9 Å². The Kier molecular flexibility index (Phi) is 7.83. The van der Waals surface area contributed by atoms with Gasteiger partial charge in [0.2, 0.25) is 4.96 Å². The maximum absolute atomic E-state index is 14.4. The summed E-state index contributed by atoms with van der Waals surface area (Å²) in [6.45, 7) is 0. The molecule has 0 unspecified atom stereocenters. The molecule has 0 saturated heterocycles. The molecule has 0 radical (unpaired) electrons. The summed E-state index contributed by atoms with van der Waals surface area (Å²) in [6.07, 6.45) is 0.512. The summed E-state index contributed by atoms with van der Waals surface area (Å²) in [6, 6.07) is 15.9. The molecule has 0 spiro atoms. The minimum atomic E-state index is -0.357. The first-order valence-electron chi connectivity index (χ1n) is 11.0. The number of thioether (sulfide) groups is 1. The van der Waals surface area contributed by atoms with Crippen LogP contribution in [0.5, 0.6) is 11.5 Å². The van der Waals surface area contributed by atoms with E-state index < -0.39 is 0 Å². The average molecular weight is 595 g/mol. The summed E-state index contributed by atoms with van der Waals surface area (Å²) < 4.78 is 27.2. The van der Waals surface area contributed by atoms with Crippen molar-refractivity contribution in [2.24, 2.45) is 0 Å². The molecule has 0 atom stereocenters. The highest BCUT2D eigenvalue weighted by atomic mass is 35.5. The second kappa shape index (κ2) is 11.1. The summed E-state index contributed by atoms with van der Waals surface area (Å²) in [5, 5.41) is 10.9. The monoisotopic (exact) mass is 593 g/mol. The molecule has 0 aliphatic rings. The van der Waals surface area contributed by atoms with Crippen LogP contribution in [0.3, 0.4) is 0 Å². The second-order valence-electron chi connectivity index (χ2n) is 7.95. The SMILES string of the molecule is COc1cc(Cl)c(Cc2sc3nnc(SCc4c(F)cccc4Cl)n3c2-c2cccc(Cl)c2)cc1OC. The zero-order valence-electron chi connectivity index (χ0n) is 19.6. The molecule has 11 heteroatoms. The van der Waals surface area contributed by atoms with Gasteiger partial charge < -0.3 is 9.47 Å². The van der Waals surface area contributed by atoms with Crippen LogP contribution < -0.4 is 9.47 Å². The number of hydrogen-bond acceptors (Lipinski definition) is 6. The normalized spacial score (nSPS) is 11.3. The molecule has 3 aromatic carbocycles. The highest BCUT2D eigenvalue weighted by molar-refractivity contribution is 7.98. The Hall–Kier alpha value is -2.49. The smallest absolute Gasteiger partial charge is 0.217 e. The van der Waals surface area contributed by atoms with Gasteiger partial charge in [-0.2, -0.15) is 0 Å². The van der Waals surface area contributed by atoms with Crippen LogP contribution in [0.1, 0.15) is 16.0 Å². The van der Waals surface area contributed by atoms with E-state index in [-0.39, 0.29) is 5.82 Å². The lowest BCUT2D eigenvalue weighted by Crippen LogP contribution is -1.98. The van der Waals surface area contributed by atoms with Gasteiger partial charge >= 0.3 is 0 Å². The molecule has 190 valence electrons. The third kappa shape index (κ3) is 5.26. The minimum Gasteiger partial charge on any atom is -0.493 e. The molecule has 5 rings (SSSR count). The Morgan fingerprint density at radius 2 is 1.70 bits per heavy atom. The predicted molar refractivity (Wildman–Crippen MR) is 150 cm³/mol. The number of methoxy groups -OCH3 is 2. The van der Waals surface area contributed by atoms with Crippen LogP contribution in [0.4, 0.5) is 4.39 Å². The number of fused-ring (bicyclic) bond motifs is 1. The summed E-state index contributed by atoms with van der Waals surface area (Å²) in [5.41, 5.74) is 3.08. The van der Waals surface area contributed by atoms with Crippen molar-refractivity contribution in [2.45, 2.75) is 17.3 Å². The van der Waals surface area contributed by atoms with Crippen molar-refractivity contribution < 1.29 is 13.9 Å². The summed E-state index contributed by atoms with van der Waals surface area (Å²) in [7, 11) is 3.16. The first-order chi connectivity index (χ1) is 17.9. The van der Waals surface area contributed by atoms with Crippen LogP contribution in [0.2, 0.25) is 15.1 Å². The van der Waals surface area contributed by atoms with E-state index in [4.69, 9.17) is 44.3 Å². The lowest BCUT2D eigenvalue weighted by Gasteiger charge is -2.12. The first kappa shape index (κ1) is 26.1.